The second-order valence-electron chi connectivity index (χ2n) is 7.39. The summed E-state index contributed by atoms with van der Waals surface area (Å²) in [6, 6.07) is 10.6. The molecular weight excluding hydrogens is 378 g/mol. The van der Waals surface area contributed by atoms with Crippen LogP contribution in [0.1, 0.15) is 59.3 Å². The van der Waals surface area contributed by atoms with Gasteiger partial charge < -0.3 is 0 Å². The molecule has 118 valence electrons. The Balaban J connectivity index is 3.08. The second kappa shape index (κ2) is 7.02. The monoisotopic (exact) mass is 406 g/mol. The molecule has 1 atom stereocenters. The summed E-state index contributed by atoms with van der Waals surface area (Å²) < 4.78 is 1.18. The Bertz CT molecular complexity index is 520. The Hall–Kier alpha value is 0.609. The van der Waals surface area contributed by atoms with Crippen molar-refractivity contribution in [3.8, 4) is 0 Å². The van der Waals surface area contributed by atoms with Crippen molar-refractivity contribution in [1.82, 2.24) is 0 Å². The first-order chi connectivity index (χ1) is 9.41. The predicted molar refractivity (Wildman–Crippen MR) is 107 cm³/mol. The van der Waals surface area contributed by atoms with Gasteiger partial charge in [0, 0.05) is 0 Å². The van der Waals surface area contributed by atoms with Crippen molar-refractivity contribution in [3.05, 3.63) is 35.9 Å². The van der Waals surface area contributed by atoms with Gasteiger partial charge in [-0.2, -0.15) is 0 Å². The first kappa shape index (κ1) is 19.7. The third kappa shape index (κ3) is 4.33. The van der Waals surface area contributed by atoms with Crippen molar-refractivity contribution in [2.24, 2.45) is 0 Å². The van der Waals surface area contributed by atoms with Gasteiger partial charge in [0.15, 0.2) is 0 Å². The van der Waals surface area contributed by atoms with Gasteiger partial charge >= 0.3 is 148 Å². The Morgan fingerprint density at radius 2 is 1.48 bits per heavy atom. The molecule has 0 nitrogen and oxygen atoms in total. The number of hydrogen-bond donors (Lipinski definition) is 0. The number of benzene rings is 1. The number of hydrogen-bond acceptors (Lipinski definition) is 2. The normalized spacial score (nSPS) is 14.8. The van der Waals surface area contributed by atoms with Crippen LogP contribution in [0, 0.1) is 0 Å². The van der Waals surface area contributed by atoms with Gasteiger partial charge in [-0.05, 0) is 0 Å². The van der Waals surface area contributed by atoms with Gasteiger partial charge in [0.2, 0.25) is 0 Å². The summed E-state index contributed by atoms with van der Waals surface area (Å²) >= 11 is 11.4. The van der Waals surface area contributed by atoms with Crippen LogP contribution in [0.2, 0.25) is 0 Å². The molecule has 0 amide bonds. The van der Waals surface area contributed by atoms with Crippen molar-refractivity contribution in [2.45, 2.75) is 64.0 Å². The summed E-state index contributed by atoms with van der Waals surface area (Å²) in [6.45, 7) is 16.2. The standard InChI is InChI=1S/C17H27PS2Se/c1-13(14-11-9-8-10-12-14)20-15(19)18(21,16(2,3)4)17(5,6)7/h8-13H,1-7H3/t13-/m1/s1. The fraction of sp³-hybridized carbons (Fsp3) is 0.588. The van der Waals surface area contributed by atoms with Crippen LogP contribution >= 0.6 is 29.5 Å². The van der Waals surface area contributed by atoms with E-state index < -0.39 is 5.51 Å². The molecule has 0 aliphatic carbocycles. The predicted octanol–water partition coefficient (Wildman–Crippen LogP) is 6.46. The zero-order chi connectivity index (χ0) is 16.5. The Morgan fingerprint density at radius 1 is 1.05 bits per heavy atom. The molecule has 0 heterocycles. The molecule has 1 aromatic carbocycles. The van der Waals surface area contributed by atoms with Crippen molar-refractivity contribution >= 4 is 48.5 Å². The van der Waals surface area contributed by atoms with E-state index in [1.807, 2.05) is 11.8 Å². The Morgan fingerprint density at radius 3 is 1.86 bits per heavy atom. The molecule has 0 N–H and O–H groups in total. The molecule has 0 bridgehead atoms. The molecule has 0 unspecified atom stereocenters. The summed E-state index contributed by atoms with van der Waals surface area (Å²) in [5.74, 6) is 0. The van der Waals surface area contributed by atoms with Crippen LogP contribution in [0.25, 0.3) is 0 Å². The molecular formula is C17H27PS2Se. The third-order valence-electron chi connectivity index (χ3n) is 3.69. The van der Waals surface area contributed by atoms with Crippen LogP contribution in [0.3, 0.4) is 0 Å². The molecule has 0 aliphatic heterocycles. The van der Waals surface area contributed by atoms with E-state index in [-0.39, 0.29) is 10.3 Å². The molecule has 0 aromatic heterocycles. The topological polar surface area (TPSA) is 0 Å². The molecule has 0 radical (unpaired) electrons. The second-order valence-corrected chi connectivity index (χ2v) is 17.8. The minimum absolute atomic E-state index is 0.186. The molecule has 21 heavy (non-hydrogen) atoms. The Labute approximate surface area is 148 Å². The van der Waals surface area contributed by atoms with E-state index in [2.05, 4.69) is 93.9 Å². The van der Waals surface area contributed by atoms with E-state index >= 15 is 0 Å². The van der Waals surface area contributed by atoms with Crippen LogP contribution in [0.4, 0.5) is 0 Å². The van der Waals surface area contributed by atoms with Gasteiger partial charge in [0.1, 0.15) is 0 Å². The fourth-order valence-electron chi connectivity index (χ4n) is 2.57. The van der Waals surface area contributed by atoms with Crippen molar-refractivity contribution < 1.29 is 0 Å². The molecule has 1 rings (SSSR count). The van der Waals surface area contributed by atoms with Crippen LogP contribution in [0.5, 0.6) is 0 Å². The first-order valence-electron chi connectivity index (χ1n) is 7.27. The first-order valence-corrected chi connectivity index (χ1v) is 12.6. The summed E-state index contributed by atoms with van der Waals surface area (Å²) in [5.41, 5.74) is -0.186. The van der Waals surface area contributed by atoms with Crippen molar-refractivity contribution in [2.75, 3.05) is 0 Å². The average Bonchev–Trinajstić information content (AvgIpc) is 2.35. The zero-order valence-electron chi connectivity index (χ0n) is 14.1. The van der Waals surface area contributed by atoms with Gasteiger partial charge in [-0.15, -0.1) is 0 Å². The van der Waals surface area contributed by atoms with E-state index in [1.165, 1.54) is 9.50 Å². The summed E-state index contributed by atoms with van der Waals surface area (Å²) in [6.07, 6.45) is 0. The molecule has 0 saturated heterocycles. The minimum atomic E-state index is -1.53. The third-order valence-corrected chi connectivity index (χ3v) is 20.7. The number of thiocarbonyl (C=S) groups is 1. The number of thioether (sulfide) groups is 1. The summed E-state index contributed by atoms with van der Waals surface area (Å²) in [5, 5.41) is 0.772. The van der Waals surface area contributed by atoms with Gasteiger partial charge in [-0.25, -0.2) is 0 Å². The van der Waals surface area contributed by atoms with Crippen LogP contribution in [-0.4, -0.2) is 29.3 Å². The maximum absolute atomic E-state index is 5.94. The summed E-state index contributed by atoms with van der Waals surface area (Å²) in [4.78, 5) is 0. The average molecular weight is 405 g/mol. The summed E-state index contributed by atoms with van der Waals surface area (Å²) in [7, 11) is 0. The number of rotatable bonds is 3. The van der Waals surface area contributed by atoms with E-state index in [1.54, 1.807) is 0 Å². The van der Waals surface area contributed by atoms with E-state index in [4.69, 9.17) is 12.2 Å². The molecule has 0 spiro atoms. The van der Waals surface area contributed by atoms with Crippen LogP contribution in [0.15, 0.2) is 30.3 Å². The van der Waals surface area contributed by atoms with Gasteiger partial charge in [-0.3, -0.25) is 0 Å². The zero-order valence-corrected chi connectivity index (χ0v) is 18.4. The molecule has 1 aromatic rings. The van der Waals surface area contributed by atoms with Gasteiger partial charge in [0.05, 0.1) is 0 Å². The maximum atomic E-state index is 5.94. The quantitative estimate of drug-likeness (QED) is 0.321. The van der Waals surface area contributed by atoms with Crippen molar-refractivity contribution in [3.63, 3.8) is 0 Å². The Kier molecular flexibility index (Phi) is 6.57. The van der Waals surface area contributed by atoms with E-state index in [9.17, 15) is 0 Å². The fourth-order valence-corrected chi connectivity index (χ4v) is 11.9. The molecule has 0 aliphatic rings. The molecule has 4 heteroatoms. The van der Waals surface area contributed by atoms with E-state index in [0.29, 0.717) is 5.25 Å². The van der Waals surface area contributed by atoms with Crippen LogP contribution in [-0.2, 0) is 0 Å². The van der Waals surface area contributed by atoms with Gasteiger partial charge in [0.25, 0.3) is 0 Å². The SMILES string of the molecule is C[C@@H](SC(=S)P(=[Se])(C(C)(C)C)C(C)(C)C)c1ccccc1. The van der Waals surface area contributed by atoms with Crippen LogP contribution < -0.4 is 0 Å². The van der Waals surface area contributed by atoms with Crippen molar-refractivity contribution in [1.29, 1.82) is 0 Å². The molecule has 0 saturated carbocycles. The molecule has 0 fully saturated rings. The van der Waals surface area contributed by atoms with Gasteiger partial charge in [-0.1, -0.05) is 0 Å². The van der Waals surface area contributed by atoms with E-state index in [0.717, 1.165) is 0 Å².